The lowest BCUT2D eigenvalue weighted by Gasteiger charge is -2.24. The highest BCUT2D eigenvalue weighted by atomic mass is 35.5. The van der Waals surface area contributed by atoms with Gasteiger partial charge < -0.3 is 4.90 Å². The maximum atomic E-state index is 12.5. The summed E-state index contributed by atoms with van der Waals surface area (Å²) in [5, 5.41) is 4.24. The van der Waals surface area contributed by atoms with Crippen LogP contribution in [0.5, 0.6) is 0 Å². The molecule has 1 aromatic rings. The van der Waals surface area contributed by atoms with Crippen molar-refractivity contribution < 1.29 is 4.79 Å². The van der Waals surface area contributed by atoms with E-state index in [1.807, 2.05) is 29.2 Å². The summed E-state index contributed by atoms with van der Waals surface area (Å²) in [6, 6.07) is 7.77. The van der Waals surface area contributed by atoms with Gasteiger partial charge in [-0.25, -0.2) is 0 Å². The van der Waals surface area contributed by atoms with Crippen LogP contribution in [0.15, 0.2) is 24.3 Å². The third-order valence-corrected chi connectivity index (χ3v) is 4.71. The van der Waals surface area contributed by atoms with Crippen LogP contribution in [0, 0.1) is 0 Å². The lowest BCUT2D eigenvalue weighted by atomic mass is 10.1. The first-order valence-corrected chi connectivity index (χ1v) is 8.27. The van der Waals surface area contributed by atoms with E-state index in [2.05, 4.69) is 11.6 Å². The fourth-order valence-electron chi connectivity index (χ4n) is 2.61. The molecule has 2 aliphatic rings. The minimum absolute atomic E-state index is 0.000540. The van der Waals surface area contributed by atoms with Gasteiger partial charge in [0.05, 0.1) is 0 Å². The van der Waals surface area contributed by atoms with Crippen molar-refractivity contribution in [2.24, 2.45) is 0 Å². The maximum absolute atomic E-state index is 12.5. The zero-order valence-corrected chi connectivity index (χ0v) is 12.4. The van der Waals surface area contributed by atoms with E-state index in [0.717, 1.165) is 35.7 Å². The van der Waals surface area contributed by atoms with Gasteiger partial charge in [-0.1, -0.05) is 23.7 Å². The summed E-state index contributed by atoms with van der Waals surface area (Å²) in [4.78, 5) is 14.5. The van der Waals surface area contributed by atoms with Gasteiger partial charge in [-0.15, -0.1) is 0 Å². The lowest BCUT2D eigenvalue weighted by Crippen LogP contribution is -2.33. The predicted octanol–water partition coefficient (Wildman–Crippen LogP) is 2.67. The van der Waals surface area contributed by atoms with Crippen LogP contribution >= 0.6 is 23.4 Å². The van der Waals surface area contributed by atoms with Crippen LogP contribution in [0.3, 0.4) is 0 Å². The first-order valence-electron chi connectivity index (χ1n) is 6.49. The number of hydrogen-bond acceptors (Lipinski definition) is 3. The van der Waals surface area contributed by atoms with Gasteiger partial charge in [-0.3, -0.25) is 10.1 Å². The molecule has 1 amide bonds. The Morgan fingerprint density at radius 3 is 2.68 bits per heavy atom. The van der Waals surface area contributed by atoms with E-state index in [0.29, 0.717) is 0 Å². The van der Waals surface area contributed by atoms with Gasteiger partial charge in [0.25, 0.3) is 0 Å². The largest absolute Gasteiger partial charge is 0.320 e. The SMILES string of the molecule is CSCCN1C(=O)C2(CC2)NC1c1ccc(Cl)cc1. The zero-order valence-electron chi connectivity index (χ0n) is 10.9. The fourth-order valence-corrected chi connectivity index (χ4v) is 3.11. The number of benzene rings is 1. The molecule has 1 unspecified atom stereocenters. The molecule has 3 nitrogen and oxygen atoms in total. The van der Waals surface area contributed by atoms with Crippen molar-refractivity contribution in [3.63, 3.8) is 0 Å². The number of thioether (sulfide) groups is 1. The molecule has 1 heterocycles. The summed E-state index contributed by atoms with van der Waals surface area (Å²) >= 11 is 7.70. The van der Waals surface area contributed by atoms with Gasteiger partial charge in [0.2, 0.25) is 5.91 Å². The first kappa shape index (κ1) is 13.3. The Labute approximate surface area is 122 Å². The molecule has 102 valence electrons. The fraction of sp³-hybridized carbons (Fsp3) is 0.500. The third-order valence-electron chi connectivity index (χ3n) is 3.87. The van der Waals surface area contributed by atoms with Crippen molar-refractivity contribution in [1.82, 2.24) is 10.2 Å². The smallest absolute Gasteiger partial charge is 0.244 e. The number of amides is 1. The van der Waals surface area contributed by atoms with Gasteiger partial charge >= 0.3 is 0 Å². The van der Waals surface area contributed by atoms with E-state index in [9.17, 15) is 4.79 Å². The summed E-state index contributed by atoms with van der Waals surface area (Å²) in [5.74, 6) is 1.23. The Kier molecular flexibility index (Phi) is 3.50. The van der Waals surface area contributed by atoms with Gasteiger partial charge in [0.1, 0.15) is 11.7 Å². The van der Waals surface area contributed by atoms with Crippen molar-refractivity contribution >= 4 is 29.3 Å². The van der Waals surface area contributed by atoms with Gasteiger partial charge in [-0.2, -0.15) is 11.8 Å². The molecule has 0 aromatic heterocycles. The van der Waals surface area contributed by atoms with Crippen LogP contribution in [0.2, 0.25) is 5.02 Å². The molecule has 0 bridgehead atoms. The van der Waals surface area contributed by atoms with Crippen LogP contribution in [-0.2, 0) is 4.79 Å². The number of halogens is 1. The monoisotopic (exact) mass is 296 g/mol. The molecule has 1 spiro atoms. The summed E-state index contributed by atoms with van der Waals surface area (Å²) < 4.78 is 0. The van der Waals surface area contributed by atoms with Gasteiger partial charge in [-0.05, 0) is 36.8 Å². The summed E-state index contributed by atoms with van der Waals surface area (Å²) in [5.41, 5.74) is 0.852. The maximum Gasteiger partial charge on any atom is 0.244 e. The number of carbonyl (C=O) groups excluding carboxylic acids is 1. The second kappa shape index (κ2) is 5.00. The van der Waals surface area contributed by atoms with Gasteiger partial charge in [0, 0.05) is 17.3 Å². The average Bonchev–Trinajstić information content (AvgIpc) is 3.14. The van der Waals surface area contributed by atoms with Crippen LogP contribution in [0.1, 0.15) is 24.6 Å². The highest BCUT2D eigenvalue weighted by molar-refractivity contribution is 7.98. The first-order chi connectivity index (χ1) is 9.16. The van der Waals surface area contributed by atoms with Crippen molar-refractivity contribution in [1.29, 1.82) is 0 Å². The van der Waals surface area contributed by atoms with E-state index in [-0.39, 0.29) is 17.6 Å². The van der Waals surface area contributed by atoms with Crippen molar-refractivity contribution in [3.05, 3.63) is 34.9 Å². The molecular weight excluding hydrogens is 280 g/mol. The molecule has 0 radical (unpaired) electrons. The number of nitrogens with one attached hydrogen (secondary N) is 1. The molecule has 1 atom stereocenters. The highest BCUT2D eigenvalue weighted by Crippen LogP contribution is 2.45. The van der Waals surface area contributed by atoms with E-state index >= 15 is 0 Å². The molecule has 1 saturated carbocycles. The van der Waals surface area contributed by atoms with Crippen molar-refractivity contribution in [3.8, 4) is 0 Å². The molecule has 1 N–H and O–H groups in total. The minimum atomic E-state index is -0.261. The molecular formula is C14H17ClN2OS. The molecule has 1 saturated heterocycles. The summed E-state index contributed by atoms with van der Waals surface area (Å²) in [6.45, 7) is 0.794. The second-order valence-corrected chi connectivity index (χ2v) is 6.59. The topological polar surface area (TPSA) is 32.3 Å². The van der Waals surface area contributed by atoms with Crippen molar-refractivity contribution in [2.75, 3.05) is 18.6 Å². The Bertz CT molecular complexity index is 487. The number of rotatable bonds is 4. The van der Waals surface area contributed by atoms with Crippen molar-refractivity contribution in [2.45, 2.75) is 24.5 Å². The van der Waals surface area contributed by atoms with E-state index < -0.39 is 0 Å². The van der Waals surface area contributed by atoms with Crippen LogP contribution < -0.4 is 5.32 Å². The zero-order chi connectivity index (χ0) is 13.5. The van der Waals surface area contributed by atoms with E-state index in [4.69, 9.17) is 11.6 Å². The van der Waals surface area contributed by atoms with E-state index in [1.54, 1.807) is 11.8 Å². The molecule has 5 heteroatoms. The van der Waals surface area contributed by atoms with Gasteiger partial charge in [0.15, 0.2) is 0 Å². The normalized spacial score (nSPS) is 24.2. The predicted molar refractivity (Wildman–Crippen MR) is 79.4 cm³/mol. The third kappa shape index (κ3) is 2.37. The Morgan fingerprint density at radius 1 is 1.42 bits per heavy atom. The number of hydrogen-bond donors (Lipinski definition) is 1. The molecule has 1 aliphatic carbocycles. The lowest BCUT2D eigenvalue weighted by molar-refractivity contribution is -0.130. The Balaban J connectivity index is 1.85. The Hall–Kier alpha value is -0.710. The van der Waals surface area contributed by atoms with Crippen LogP contribution in [0.25, 0.3) is 0 Å². The summed E-state index contributed by atoms with van der Waals surface area (Å²) in [7, 11) is 0. The minimum Gasteiger partial charge on any atom is -0.320 e. The molecule has 2 fully saturated rings. The number of nitrogens with zero attached hydrogens (tertiary/aromatic N) is 1. The molecule has 3 rings (SSSR count). The second-order valence-electron chi connectivity index (χ2n) is 5.17. The van der Waals surface area contributed by atoms with E-state index in [1.165, 1.54) is 0 Å². The van der Waals surface area contributed by atoms with Crippen LogP contribution in [-0.4, -0.2) is 34.9 Å². The number of carbonyl (C=O) groups is 1. The summed E-state index contributed by atoms with van der Waals surface area (Å²) in [6.07, 6.45) is 4.00. The highest BCUT2D eigenvalue weighted by Gasteiger charge is 2.59. The standard InChI is InChI=1S/C14H17ClN2OS/c1-19-9-8-17-12(10-2-4-11(15)5-3-10)16-14(6-7-14)13(17)18/h2-5,12,16H,6-9H2,1H3. The molecule has 1 aromatic carbocycles. The quantitative estimate of drug-likeness (QED) is 0.927. The Morgan fingerprint density at radius 2 is 2.11 bits per heavy atom. The average molecular weight is 297 g/mol. The molecule has 19 heavy (non-hydrogen) atoms. The molecule has 1 aliphatic heterocycles. The van der Waals surface area contributed by atoms with Crippen LogP contribution in [0.4, 0.5) is 0 Å².